The van der Waals surface area contributed by atoms with Crippen molar-refractivity contribution < 1.29 is 35.7 Å². The molecule has 0 heterocycles. The van der Waals surface area contributed by atoms with Crippen molar-refractivity contribution in [3.05, 3.63) is 0 Å². The summed E-state index contributed by atoms with van der Waals surface area (Å²) in [6.45, 7) is 3.19. The van der Waals surface area contributed by atoms with E-state index in [1.54, 1.807) is 0 Å². The van der Waals surface area contributed by atoms with Crippen LogP contribution < -0.4 is 0 Å². The fraction of sp³-hybridized carbons (Fsp3) is 0.833. The van der Waals surface area contributed by atoms with Crippen molar-refractivity contribution in [2.24, 2.45) is 0 Å². The second-order valence-corrected chi connectivity index (χ2v) is 1.67. The van der Waals surface area contributed by atoms with Crippen LogP contribution in [0.15, 0.2) is 0 Å². The Morgan fingerprint density at radius 2 is 2.11 bits per heavy atom. The fourth-order valence-corrected chi connectivity index (χ4v) is 0.484. The van der Waals surface area contributed by atoms with Crippen LogP contribution in [-0.4, -0.2) is 13.1 Å². The Hall–Kier alpha value is 0.353. The molecule has 0 rings (SSSR count). The number of hydrogen-bond donors (Lipinski definition) is 0. The van der Waals surface area contributed by atoms with Crippen LogP contribution in [0.3, 0.4) is 0 Å². The summed E-state index contributed by atoms with van der Waals surface area (Å²) in [4.78, 5) is 9.55. The summed E-state index contributed by atoms with van der Waals surface area (Å²) < 4.78 is 4.46. The third kappa shape index (κ3) is 11.8. The standard InChI is InChI=1S/C6H12O2.Zr/c1-2-3-4-5-8-6-7;/h6H,2-5H2,1H3;. The van der Waals surface area contributed by atoms with Crippen LogP contribution in [0.2, 0.25) is 0 Å². The first-order valence-corrected chi connectivity index (χ1v) is 2.97. The Labute approximate surface area is 75.1 Å². The Bertz CT molecular complexity index is 57.0. The van der Waals surface area contributed by atoms with Crippen LogP contribution in [0.25, 0.3) is 0 Å². The van der Waals surface area contributed by atoms with E-state index >= 15 is 0 Å². The molecule has 2 nitrogen and oxygen atoms in total. The van der Waals surface area contributed by atoms with Gasteiger partial charge in [0.2, 0.25) is 0 Å². The van der Waals surface area contributed by atoms with E-state index in [0.29, 0.717) is 13.1 Å². The maximum Gasteiger partial charge on any atom is 0.293 e. The van der Waals surface area contributed by atoms with Crippen molar-refractivity contribution >= 4 is 6.47 Å². The summed E-state index contributed by atoms with van der Waals surface area (Å²) in [6.07, 6.45) is 3.31. The van der Waals surface area contributed by atoms with Crippen LogP contribution in [0.4, 0.5) is 0 Å². The van der Waals surface area contributed by atoms with E-state index in [1.807, 2.05) is 0 Å². The molecule has 0 aliphatic heterocycles. The Kier molecular flexibility index (Phi) is 15.0. The number of unbranched alkanes of at least 4 members (excludes halogenated alkanes) is 2. The molecule has 0 N–H and O–H groups in total. The fourth-order valence-electron chi connectivity index (χ4n) is 0.484. The quantitative estimate of drug-likeness (QED) is 0.502. The predicted octanol–water partition coefficient (Wildman–Crippen LogP) is 1.35. The zero-order valence-electron chi connectivity index (χ0n) is 5.72. The van der Waals surface area contributed by atoms with Crippen molar-refractivity contribution in [3.8, 4) is 0 Å². The van der Waals surface area contributed by atoms with Crippen molar-refractivity contribution in [1.29, 1.82) is 0 Å². The molecule has 0 aromatic carbocycles. The van der Waals surface area contributed by atoms with E-state index in [0.717, 1.165) is 12.8 Å². The van der Waals surface area contributed by atoms with Gasteiger partial charge in [0.05, 0.1) is 6.61 Å². The van der Waals surface area contributed by atoms with Gasteiger partial charge in [-0.2, -0.15) is 0 Å². The molecule has 52 valence electrons. The number of carbonyl (C=O) groups excluding carboxylic acids is 1. The van der Waals surface area contributed by atoms with Gasteiger partial charge in [-0.15, -0.1) is 0 Å². The molecule has 3 heteroatoms. The Morgan fingerprint density at radius 1 is 1.44 bits per heavy atom. The summed E-state index contributed by atoms with van der Waals surface area (Å²) in [5, 5.41) is 0. The molecular formula is C6H12O2Zr. The van der Waals surface area contributed by atoms with Crippen molar-refractivity contribution in [3.63, 3.8) is 0 Å². The molecule has 0 radical (unpaired) electrons. The summed E-state index contributed by atoms with van der Waals surface area (Å²) in [5.41, 5.74) is 0. The van der Waals surface area contributed by atoms with Gasteiger partial charge < -0.3 is 4.74 Å². The van der Waals surface area contributed by atoms with Crippen LogP contribution in [0, 0.1) is 0 Å². The summed E-state index contributed by atoms with van der Waals surface area (Å²) in [7, 11) is 0. The van der Waals surface area contributed by atoms with Crippen LogP contribution >= 0.6 is 0 Å². The van der Waals surface area contributed by atoms with Gasteiger partial charge in [0.25, 0.3) is 6.47 Å². The van der Waals surface area contributed by atoms with Gasteiger partial charge in [-0.1, -0.05) is 19.8 Å². The van der Waals surface area contributed by atoms with Gasteiger partial charge in [0, 0.05) is 26.2 Å². The molecule has 0 aromatic rings. The van der Waals surface area contributed by atoms with Gasteiger partial charge >= 0.3 is 0 Å². The van der Waals surface area contributed by atoms with E-state index in [2.05, 4.69) is 11.7 Å². The largest absolute Gasteiger partial charge is 0.468 e. The molecule has 0 aliphatic rings. The van der Waals surface area contributed by atoms with E-state index in [9.17, 15) is 4.79 Å². The van der Waals surface area contributed by atoms with Crippen molar-refractivity contribution in [2.75, 3.05) is 6.61 Å². The molecule has 0 spiro atoms. The summed E-state index contributed by atoms with van der Waals surface area (Å²) in [6, 6.07) is 0. The van der Waals surface area contributed by atoms with E-state index in [1.165, 1.54) is 6.42 Å². The van der Waals surface area contributed by atoms with Crippen LogP contribution in [0.1, 0.15) is 26.2 Å². The maximum atomic E-state index is 9.55. The smallest absolute Gasteiger partial charge is 0.293 e. The second kappa shape index (κ2) is 11.2. The monoisotopic (exact) mass is 206 g/mol. The van der Waals surface area contributed by atoms with E-state index < -0.39 is 0 Å². The number of ether oxygens (including phenoxy) is 1. The molecule has 0 atom stereocenters. The minimum atomic E-state index is 0. The Balaban J connectivity index is 0. The molecule has 0 unspecified atom stereocenters. The first-order chi connectivity index (χ1) is 3.91. The zero-order valence-corrected chi connectivity index (χ0v) is 8.18. The third-order valence-electron chi connectivity index (χ3n) is 0.934. The van der Waals surface area contributed by atoms with E-state index in [4.69, 9.17) is 0 Å². The maximum absolute atomic E-state index is 9.55. The normalized spacial score (nSPS) is 7.67. The van der Waals surface area contributed by atoms with Gasteiger partial charge in [-0.05, 0) is 6.42 Å². The average molecular weight is 207 g/mol. The van der Waals surface area contributed by atoms with Gasteiger partial charge in [0.1, 0.15) is 0 Å². The van der Waals surface area contributed by atoms with Gasteiger partial charge in [-0.3, -0.25) is 4.79 Å². The number of rotatable bonds is 5. The Morgan fingerprint density at radius 3 is 2.56 bits per heavy atom. The molecule has 0 amide bonds. The molecule has 0 saturated carbocycles. The number of carbonyl (C=O) groups is 1. The van der Waals surface area contributed by atoms with Crippen molar-refractivity contribution in [1.82, 2.24) is 0 Å². The first-order valence-electron chi connectivity index (χ1n) is 2.97. The van der Waals surface area contributed by atoms with Crippen molar-refractivity contribution in [2.45, 2.75) is 26.2 Å². The zero-order chi connectivity index (χ0) is 6.24. The average Bonchev–Trinajstić information content (AvgIpc) is 1.81. The van der Waals surface area contributed by atoms with Crippen LogP contribution in [-0.2, 0) is 35.7 Å². The van der Waals surface area contributed by atoms with Gasteiger partial charge in [-0.25, -0.2) is 0 Å². The molecule has 0 bridgehead atoms. The van der Waals surface area contributed by atoms with Gasteiger partial charge in [0.15, 0.2) is 0 Å². The predicted molar refractivity (Wildman–Crippen MR) is 31.5 cm³/mol. The number of hydrogen-bond acceptors (Lipinski definition) is 2. The van der Waals surface area contributed by atoms with Crippen LogP contribution in [0.5, 0.6) is 0 Å². The minimum Gasteiger partial charge on any atom is -0.468 e. The SMILES string of the molecule is CCCCCOC=O.[Zr]. The molecule has 0 aromatic heterocycles. The first kappa shape index (κ1) is 12.1. The summed E-state index contributed by atoms with van der Waals surface area (Å²) in [5.74, 6) is 0. The molecule has 0 aliphatic carbocycles. The molecule has 0 fully saturated rings. The molecule has 9 heavy (non-hydrogen) atoms. The topological polar surface area (TPSA) is 26.3 Å². The summed E-state index contributed by atoms with van der Waals surface area (Å²) >= 11 is 0. The molecule has 0 saturated heterocycles. The minimum absolute atomic E-state index is 0. The van der Waals surface area contributed by atoms with E-state index in [-0.39, 0.29) is 26.2 Å². The molecular weight excluding hydrogens is 195 g/mol. The second-order valence-electron chi connectivity index (χ2n) is 1.67. The third-order valence-corrected chi connectivity index (χ3v) is 0.934.